The predicted molar refractivity (Wildman–Crippen MR) is 228 cm³/mol. The predicted octanol–water partition coefficient (Wildman–Crippen LogP) is -6.98. The third kappa shape index (κ3) is 14.5. The van der Waals surface area contributed by atoms with Crippen LogP contribution in [0.5, 0.6) is 17.5 Å². The number of hydrogen-bond donors (Lipinski definition) is 3. The molecule has 0 radical (unpaired) electrons. The summed E-state index contributed by atoms with van der Waals surface area (Å²) in [5.41, 5.74) is 0.457. The fraction of sp³-hybridized carbons (Fsp3) is 0.103. The van der Waals surface area contributed by atoms with Gasteiger partial charge in [-0.3, -0.25) is 9.54 Å². The maximum atomic E-state index is 12.7. The van der Waals surface area contributed by atoms with Gasteiger partial charge in [0.25, 0.3) is 10.1 Å². The van der Waals surface area contributed by atoms with Crippen molar-refractivity contribution in [2.24, 2.45) is 30.4 Å². The van der Waals surface area contributed by atoms with E-state index >= 15 is 0 Å². The number of rotatable bonds is 12. The van der Waals surface area contributed by atoms with E-state index in [0.29, 0.717) is 11.1 Å². The quantitative estimate of drug-likeness (QED) is 0.0581. The van der Waals surface area contributed by atoms with E-state index in [-0.39, 0.29) is 197 Å². The fourth-order valence-corrected chi connectivity index (χ4v) is 9.39. The molecular weight excluding hydrogens is 1050 g/mol. The molecule has 71 heavy (non-hydrogen) atoms. The van der Waals surface area contributed by atoms with Crippen molar-refractivity contribution in [1.82, 2.24) is 15.0 Å². The molecule has 1 aromatic heterocycles. The Hall–Kier alpha value is -3.31. The third-order valence-corrected chi connectivity index (χ3v) is 13.1. The molecule has 348 valence electrons. The van der Waals surface area contributed by atoms with Crippen LogP contribution in [-0.4, -0.2) is 81.1 Å². The number of nitrogens with zero attached hydrogens (tertiary/aromatic N) is 7. The number of ether oxygens (including phenoxy) is 2. The number of aryl methyl sites for hydroxylation is 2. The normalized spacial score (nSPS) is 12.6. The van der Waals surface area contributed by atoms with E-state index < -0.39 is 66.1 Å². The molecule has 7 rings (SSSR count). The fourth-order valence-electron chi connectivity index (χ4n) is 6.59. The van der Waals surface area contributed by atoms with Crippen LogP contribution in [0.2, 0.25) is 0 Å². The van der Waals surface area contributed by atoms with Gasteiger partial charge >= 0.3 is 118 Å². The molecule has 7 aromatic rings. The molecule has 0 aliphatic carbocycles. The molecule has 24 nitrogen and oxygen atoms in total. The summed E-state index contributed by atoms with van der Waals surface area (Å²) in [6.07, 6.45) is 0. The van der Waals surface area contributed by atoms with Crippen molar-refractivity contribution in [2.75, 3.05) is 14.2 Å². The second kappa shape index (κ2) is 24.4. The van der Waals surface area contributed by atoms with E-state index in [2.05, 4.69) is 45.4 Å². The zero-order valence-corrected chi connectivity index (χ0v) is 49.8. The molecule has 3 N–H and O–H groups in total. The Labute approximate surface area is 492 Å². The van der Waals surface area contributed by atoms with Gasteiger partial charge in [0.15, 0.2) is 0 Å². The summed E-state index contributed by atoms with van der Waals surface area (Å²) in [6.45, 7) is 3.19. The molecule has 0 aliphatic heterocycles. The van der Waals surface area contributed by atoms with Crippen molar-refractivity contribution in [3.63, 3.8) is 0 Å². The van der Waals surface area contributed by atoms with E-state index in [4.69, 9.17) is 9.47 Å². The molecular formula is C39H29N9Na4O15S4. The molecule has 0 saturated heterocycles. The Balaban J connectivity index is 0.00000333. The Morgan fingerprint density at radius 1 is 0.521 bits per heavy atom. The van der Waals surface area contributed by atoms with Crippen LogP contribution in [-0.2, 0) is 40.5 Å². The van der Waals surface area contributed by atoms with Crippen molar-refractivity contribution in [1.29, 1.82) is 0 Å². The average Bonchev–Trinajstić information content (AvgIpc) is 3.23. The number of aromatic nitrogens is 3. The number of H-pyrrole nitrogens is 2. The topological polar surface area (TPSA) is 386 Å². The maximum Gasteiger partial charge on any atom is 1.00 e. The number of aromatic amines is 2. The summed E-state index contributed by atoms with van der Waals surface area (Å²) in [7, 11) is -17.7. The molecule has 0 spiro atoms. The van der Waals surface area contributed by atoms with E-state index in [1.165, 1.54) is 50.6 Å². The first kappa shape index (κ1) is 62.0. The summed E-state index contributed by atoms with van der Waals surface area (Å²) in [5, 5.41) is 27.8. The molecule has 32 heteroatoms. The van der Waals surface area contributed by atoms with Gasteiger partial charge in [-0.05, 0) is 73.5 Å². The molecule has 0 unspecified atom stereocenters. The van der Waals surface area contributed by atoms with Crippen LogP contribution in [0.15, 0.2) is 135 Å². The summed E-state index contributed by atoms with van der Waals surface area (Å²) in [4.78, 5) is 14.8. The van der Waals surface area contributed by atoms with Crippen LogP contribution in [0.3, 0.4) is 0 Å². The SMILES string of the molecule is COc1cc(N=Nc2cc(S(=O)(=O)[O-])c3cccc(S(=O)(=O)[O-])c3c2)c(C)cc1N=c1nc([O-])[nH]c(=Nc2cc(C)c(N=Nc3cc(S(=O)(=O)O)c4cccc(S(=O)(=O)[O-])c4c3)cc2OC)[nH]1.[Na+].[Na+].[Na+].[Na+]. The van der Waals surface area contributed by atoms with Crippen molar-refractivity contribution >= 4 is 96.1 Å². The Kier molecular flexibility index (Phi) is 21.3. The Morgan fingerprint density at radius 3 is 1.37 bits per heavy atom. The van der Waals surface area contributed by atoms with E-state index in [0.717, 1.165) is 48.5 Å². The van der Waals surface area contributed by atoms with Gasteiger partial charge in [-0.15, -0.1) is 0 Å². The van der Waals surface area contributed by atoms with Gasteiger partial charge in [-0.2, -0.15) is 28.9 Å². The smallest absolute Gasteiger partial charge is 0.846 e. The van der Waals surface area contributed by atoms with E-state index in [1.807, 2.05) is 0 Å². The van der Waals surface area contributed by atoms with Crippen LogP contribution in [0.1, 0.15) is 11.1 Å². The standard InChI is InChI=1S/C39H33N9O15S4.4Na/c1-19-11-29(31(62-3)17-27(19)47-45-21-13-25-23(35(15-21)66(56,57)58)7-5-9-33(25)64(50,51)52)40-37-42-38(44-39(49)43-37)41-30-12-20(2)28(18-32(30)63-4)48-46-22-14-26-24(36(16-22)67(59,60)61)8-6-10-34(26)65(53,54)55;;;;/h5-18H,1-4H3,(H,50,51,52)(H,53,54,55)(H,56,57,58)(H,59,60,61)(H3,40,41,42,43,44,49);;;;/q;4*+1/p-4. The molecule has 0 fully saturated rings. The third-order valence-electron chi connectivity index (χ3n) is 9.55. The average molecular weight is 1080 g/mol. The second-order valence-corrected chi connectivity index (χ2v) is 19.4. The number of hydrogen-bond acceptors (Lipinski definition) is 21. The molecule has 0 atom stereocenters. The van der Waals surface area contributed by atoms with Gasteiger partial charge in [0, 0.05) is 33.7 Å². The van der Waals surface area contributed by atoms with Gasteiger partial charge in [0.05, 0.1) is 57.7 Å². The molecule has 6 aromatic carbocycles. The monoisotopic (exact) mass is 1080 g/mol. The number of nitrogens with one attached hydrogen (secondary N) is 2. The van der Waals surface area contributed by atoms with Crippen LogP contribution in [0, 0.1) is 13.8 Å². The minimum absolute atomic E-state index is 0. The molecule has 1 heterocycles. The minimum atomic E-state index is -5.18. The minimum Gasteiger partial charge on any atom is -0.846 e. The summed E-state index contributed by atoms with van der Waals surface area (Å²) in [5.74, 6) is 0.166. The van der Waals surface area contributed by atoms with Crippen molar-refractivity contribution in [3.8, 4) is 17.5 Å². The van der Waals surface area contributed by atoms with Crippen LogP contribution >= 0.6 is 0 Å². The molecule has 0 saturated carbocycles. The first-order chi connectivity index (χ1) is 31.3. The summed E-state index contributed by atoms with van der Waals surface area (Å²) >= 11 is 0. The van der Waals surface area contributed by atoms with E-state index in [9.17, 15) is 57.0 Å². The van der Waals surface area contributed by atoms with Gasteiger partial charge in [-0.1, -0.05) is 24.3 Å². The van der Waals surface area contributed by atoms with Crippen LogP contribution in [0.25, 0.3) is 21.5 Å². The van der Waals surface area contributed by atoms with Gasteiger partial charge in [-0.25, -0.2) is 40.2 Å². The largest absolute Gasteiger partial charge is 1.00 e. The number of fused-ring (bicyclic) bond motifs is 2. The van der Waals surface area contributed by atoms with Crippen molar-refractivity contribution in [2.45, 2.75) is 33.4 Å². The molecule has 0 bridgehead atoms. The summed E-state index contributed by atoms with van der Waals surface area (Å²) < 4.78 is 153. The zero-order valence-electron chi connectivity index (χ0n) is 38.5. The first-order valence-corrected chi connectivity index (χ1v) is 24.2. The first-order valence-electron chi connectivity index (χ1n) is 18.5. The zero-order chi connectivity index (χ0) is 48.8. The van der Waals surface area contributed by atoms with Gasteiger partial charge in [0.1, 0.15) is 58.1 Å². The second-order valence-electron chi connectivity index (χ2n) is 14.0. The van der Waals surface area contributed by atoms with Gasteiger partial charge < -0.3 is 33.2 Å². The van der Waals surface area contributed by atoms with Crippen LogP contribution < -0.4 is 144 Å². The Bertz CT molecular complexity index is 3670. The number of azo groups is 2. The maximum absolute atomic E-state index is 12.7. The Morgan fingerprint density at radius 2 is 0.944 bits per heavy atom. The van der Waals surface area contributed by atoms with E-state index in [1.54, 1.807) is 13.8 Å². The van der Waals surface area contributed by atoms with Crippen molar-refractivity contribution in [3.05, 3.63) is 107 Å². The summed E-state index contributed by atoms with van der Waals surface area (Å²) in [6, 6.07) is 15.5. The van der Waals surface area contributed by atoms with Crippen molar-refractivity contribution < 1.29 is 185 Å². The van der Waals surface area contributed by atoms with Gasteiger partial charge in [0.2, 0.25) is 11.2 Å². The van der Waals surface area contributed by atoms with Crippen LogP contribution in [0.4, 0.5) is 34.1 Å². The molecule has 0 aliphatic rings. The number of benzene rings is 6. The molecule has 0 amide bonds. The number of methoxy groups -OCH3 is 2.